The van der Waals surface area contributed by atoms with Crippen LogP contribution in [0.2, 0.25) is 18.1 Å². The van der Waals surface area contributed by atoms with Crippen LogP contribution in [0.3, 0.4) is 0 Å². The van der Waals surface area contributed by atoms with E-state index >= 15 is 0 Å². The van der Waals surface area contributed by atoms with Crippen LogP contribution < -0.4 is 0 Å². The van der Waals surface area contributed by atoms with Crippen LogP contribution in [-0.4, -0.2) is 44.9 Å². The van der Waals surface area contributed by atoms with Gasteiger partial charge in [0.25, 0.3) is 5.91 Å². The van der Waals surface area contributed by atoms with Crippen LogP contribution in [0.1, 0.15) is 52.1 Å². The number of esters is 1. The minimum atomic E-state index is -1.97. The molecule has 0 aliphatic carbocycles. The zero-order chi connectivity index (χ0) is 21.7. The standard InChI is InChI=1S/C23H35NO4Si/c1-7-27-21(25)16-19-14-11-15-24(22(19)26)20(18-12-9-8-10-13-18)17-28-29(5,6)23(2,3)4/h8-10,12-13,16,20H,7,11,14-15,17H2,1-6H3/b19-16+/t20-/m0/s1. The van der Waals surface area contributed by atoms with Crippen LogP contribution in [-0.2, 0) is 18.8 Å². The molecule has 6 heteroatoms. The van der Waals surface area contributed by atoms with Crippen LogP contribution in [0.15, 0.2) is 42.0 Å². The molecule has 0 saturated carbocycles. The third-order valence-corrected chi connectivity index (χ3v) is 10.4. The summed E-state index contributed by atoms with van der Waals surface area (Å²) in [7, 11) is -1.97. The number of piperidine rings is 1. The maximum atomic E-state index is 13.2. The van der Waals surface area contributed by atoms with Gasteiger partial charge in [-0.05, 0) is 43.5 Å². The molecule has 1 saturated heterocycles. The Morgan fingerprint density at radius 3 is 2.48 bits per heavy atom. The van der Waals surface area contributed by atoms with Gasteiger partial charge >= 0.3 is 5.97 Å². The lowest BCUT2D eigenvalue weighted by Crippen LogP contribution is -2.46. The van der Waals surface area contributed by atoms with Crippen molar-refractivity contribution in [3.05, 3.63) is 47.5 Å². The first-order chi connectivity index (χ1) is 13.6. The first kappa shape index (κ1) is 23.4. The van der Waals surface area contributed by atoms with E-state index in [2.05, 4.69) is 33.9 Å². The van der Waals surface area contributed by atoms with Gasteiger partial charge in [0, 0.05) is 18.2 Å². The molecule has 29 heavy (non-hydrogen) atoms. The van der Waals surface area contributed by atoms with Crippen molar-refractivity contribution < 1.29 is 18.8 Å². The summed E-state index contributed by atoms with van der Waals surface area (Å²) in [6.45, 7) is 14.2. The third kappa shape index (κ3) is 6.03. The van der Waals surface area contributed by atoms with Crippen LogP contribution in [0.4, 0.5) is 0 Å². The summed E-state index contributed by atoms with van der Waals surface area (Å²) in [5.41, 5.74) is 1.57. The topological polar surface area (TPSA) is 55.8 Å². The van der Waals surface area contributed by atoms with Crippen LogP contribution in [0, 0.1) is 0 Å². The van der Waals surface area contributed by atoms with Crippen molar-refractivity contribution in [2.24, 2.45) is 0 Å². The van der Waals surface area contributed by atoms with Crippen molar-refractivity contribution >= 4 is 20.2 Å². The van der Waals surface area contributed by atoms with Gasteiger partial charge in [-0.1, -0.05) is 51.1 Å². The minimum Gasteiger partial charge on any atom is -0.463 e. The van der Waals surface area contributed by atoms with E-state index < -0.39 is 14.3 Å². The molecule has 0 aromatic heterocycles. The van der Waals surface area contributed by atoms with Gasteiger partial charge < -0.3 is 14.1 Å². The molecule has 1 aliphatic rings. The quantitative estimate of drug-likeness (QED) is 0.361. The first-order valence-electron chi connectivity index (χ1n) is 10.4. The summed E-state index contributed by atoms with van der Waals surface area (Å²) >= 11 is 0. The molecule has 1 fully saturated rings. The van der Waals surface area contributed by atoms with Crippen molar-refractivity contribution in [2.75, 3.05) is 19.8 Å². The predicted molar refractivity (Wildman–Crippen MR) is 118 cm³/mol. The van der Waals surface area contributed by atoms with Gasteiger partial charge in [0.05, 0.1) is 19.3 Å². The fourth-order valence-corrected chi connectivity index (χ4v) is 4.14. The molecule has 1 aromatic rings. The summed E-state index contributed by atoms with van der Waals surface area (Å²) in [5.74, 6) is -0.552. The van der Waals surface area contributed by atoms with Crippen molar-refractivity contribution in [3.63, 3.8) is 0 Å². The fourth-order valence-electron chi connectivity index (χ4n) is 3.14. The normalized spacial score (nSPS) is 18.1. The van der Waals surface area contributed by atoms with E-state index in [0.717, 1.165) is 12.0 Å². The monoisotopic (exact) mass is 417 g/mol. The number of hydrogen-bond acceptors (Lipinski definition) is 4. The highest BCUT2D eigenvalue weighted by Gasteiger charge is 2.39. The number of nitrogens with zero attached hydrogens (tertiary/aromatic N) is 1. The molecule has 0 bridgehead atoms. The second-order valence-electron chi connectivity index (χ2n) is 9.02. The first-order valence-corrected chi connectivity index (χ1v) is 13.3. The predicted octanol–water partition coefficient (Wildman–Crippen LogP) is 4.86. The summed E-state index contributed by atoms with van der Waals surface area (Å²) in [5, 5.41) is 0.0924. The highest BCUT2D eigenvalue weighted by Crippen LogP contribution is 2.38. The zero-order valence-electron chi connectivity index (χ0n) is 18.7. The second-order valence-corrected chi connectivity index (χ2v) is 13.8. The number of amides is 1. The van der Waals surface area contributed by atoms with Gasteiger partial charge in [-0.15, -0.1) is 0 Å². The lowest BCUT2D eigenvalue weighted by atomic mass is 9.98. The van der Waals surface area contributed by atoms with Crippen LogP contribution >= 0.6 is 0 Å². The highest BCUT2D eigenvalue weighted by atomic mass is 28.4. The van der Waals surface area contributed by atoms with Crippen LogP contribution in [0.5, 0.6) is 0 Å². The van der Waals surface area contributed by atoms with Crippen molar-refractivity contribution in [1.82, 2.24) is 4.90 Å². The molecule has 2 rings (SSSR count). The maximum Gasteiger partial charge on any atom is 0.331 e. The summed E-state index contributed by atoms with van der Waals surface area (Å²) in [4.78, 5) is 26.9. The van der Waals surface area contributed by atoms with Gasteiger partial charge in [0.1, 0.15) is 0 Å². The largest absolute Gasteiger partial charge is 0.463 e. The Labute approximate surface area is 176 Å². The Kier molecular flexibility index (Phi) is 7.83. The Morgan fingerprint density at radius 1 is 1.24 bits per heavy atom. The highest BCUT2D eigenvalue weighted by molar-refractivity contribution is 6.74. The zero-order valence-corrected chi connectivity index (χ0v) is 19.7. The third-order valence-electron chi connectivity index (χ3n) is 5.93. The molecule has 0 radical (unpaired) electrons. The maximum absolute atomic E-state index is 13.2. The molecule has 0 spiro atoms. The molecule has 1 amide bonds. The second kappa shape index (κ2) is 9.72. The van der Waals surface area contributed by atoms with E-state index in [1.165, 1.54) is 6.08 Å². The lowest BCUT2D eigenvalue weighted by molar-refractivity contribution is -0.138. The number of rotatable bonds is 7. The van der Waals surface area contributed by atoms with E-state index in [0.29, 0.717) is 31.8 Å². The SMILES string of the molecule is CCOC(=O)/C=C1\CCCN([C@@H](CO[Si](C)(C)C(C)(C)C)c2ccccc2)C1=O. The van der Waals surface area contributed by atoms with Crippen molar-refractivity contribution in [2.45, 2.75) is 64.7 Å². The number of carbonyl (C=O) groups excluding carboxylic acids is 2. The van der Waals surface area contributed by atoms with E-state index in [1.807, 2.05) is 35.2 Å². The number of ether oxygens (including phenoxy) is 1. The van der Waals surface area contributed by atoms with Gasteiger partial charge in [-0.3, -0.25) is 4.79 Å². The van der Waals surface area contributed by atoms with Gasteiger partial charge in [0.2, 0.25) is 0 Å². The van der Waals surface area contributed by atoms with E-state index in [-0.39, 0.29) is 17.0 Å². The summed E-state index contributed by atoms with van der Waals surface area (Å²) in [6.07, 6.45) is 2.77. The molecular formula is C23H35NO4Si. The minimum absolute atomic E-state index is 0.0924. The molecule has 160 valence electrons. The average molecular weight is 418 g/mol. The molecule has 5 nitrogen and oxygen atoms in total. The Balaban J connectivity index is 2.29. The van der Waals surface area contributed by atoms with Gasteiger partial charge in [-0.25, -0.2) is 4.79 Å². The Bertz CT molecular complexity index is 737. The van der Waals surface area contributed by atoms with Gasteiger partial charge in [-0.2, -0.15) is 0 Å². The average Bonchev–Trinajstić information content (AvgIpc) is 2.65. The van der Waals surface area contributed by atoms with Gasteiger partial charge in [0.15, 0.2) is 8.32 Å². The van der Waals surface area contributed by atoms with E-state index in [9.17, 15) is 9.59 Å². The molecular weight excluding hydrogens is 382 g/mol. The summed E-state index contributed by atoms with van der Waals surface area (Å²) < 4.78 is 11.5. The lowest BCUT2D eigenvalue weighted by Gasteiger charge is -2.40. The van der Waals surface area contributed by atoms with Crippen LogP contribution in [0.25, 0.3) is 0 Å². The molecule has 0 unspecified atom stereocenters. The van der Waals surface area contributed by atoms with E-state index in [4.69, 9.17) is 9.16 Å². The van der Waals surface area contributed by atoms with Crippen molar-refractivity contribution in [1.29, 1.82) is 0 Å². The number of likely N-dealkylation sites (tertiary alicyclic amines) is 1. The fraction of sp³-hybridized carbons (Fsp3) is 0.565. The van der Waals surface area contributed by atoms with Crippen molar-refractivity contribution in [3.8, 4) is 0 Å². The summed E-state index contributed by atoms with van der Waals surface area (Å²) in [6, 6.07) is 9.84. The smallest absolute Gasteiger partial charge is 0.331 e. The number of carbonyl (C=O) groups is 2. The number of hydrogen-bond donors (Lipinski definition) is 0. The molecule has 1 aliphatic heterocycles. The molecule has 0 N–H and O–H groups in total. The van der Waals surface area contributed by atoms with E-state index in [1.54, 1.807) is 6.92 Å². The molecule has 1 aromatic carbocycles. The molecule has 1 heterocycles. The molecule has 1 atom stereocenters. The Hall–Kier alpha value is -1.92. The number of benzene rings is 1. The Morgan fingerprint density at radius 2 is 1.90 bits per heavy atom.